The normalized spacial score (nSPS) is 16.3. The Bertz CT molecular complexity index is 1380. The van der Waals surface area contributed by atoms with Gasteiger partial charge in [-0.15, -0.1) is 0 Å². The summed E-state index contributed by atoms with van der Waals surface area (Å²) in [6, 6.07) is 7.53. The molecule has 4 rings (SSSR count). The smallest absolute Gasteiger partial charge is 0.231 e. The van der Waals surface area contributed by atoms with Crippen molar-refractivity contribution in [3.63, 3.8) is 0 Å². The number of fused-ring (bicyclic) bond motifs is 1. The highest BCUT2D eigenvalue weighted by Gasteiger charge is 2.20. The minimum absolute atomic E-state index is 0.0993. The van der Waals surface area contributed by atoms with Gasteiger partial charge in [-0.2, -0.15) is 0 Å². The molecular weight excluding hydrogens is 565 g/mol. The van der Waals surface area contributed by atoms with Crippen LogP contribution in [-0.4, -0.2) is 53.5 Å². The molecule has 1 atom stereocenters. The van der Waals surface area contributed by atoms with Crippen LogP contribution in [0.25, 0.3) is 5.57 Å². The maximum absolute atomic E-state index is 14.3. The lowest BCUT2D eigenvalue weighted by molar-refractivity contribution is -0.106. The number of aryl methyl sites for hydroxylation is 1. The standard InChI is InChI=1S/C34H40FN3O4S/c1-5-9-27(6-2)31(40-22-25-10-7-8-11-25)14-15-43-34-36-24(3)16-30(37-34)28(18-29(35)21-39)20-38(4)19-26-12-13-32-33(17-26)42-23-41-32/h5-6,9,12-13,16-18,20-21,25,31H,1-2,7-8,10-11,14-15,19,22-23H2,3-4H3/b27-9+,28-20+,29-18+. The van der Waals surface area contributed by atoms with Crippen LogP contribution in [0.1, 0.15) is 49.1 Å². The second-order valence-corrected chi connectivity index (χ2v) is 11.8. The first-order valence-electron chi connectivity index (χ1n) is 14.6. The van der Waals surface area contributed by atoms with E-state index in [0.717, 1.165) is 29.9 Å². The predicted molar refractivity (Wildman–Crippen MR) is 170 cm³/mol. The van der Waals surface area contributed by atoms with Crippen LogP contribution in [0.5, 0.6) is 11.5 Å². The predicted octanol–water partition coefficient (Wildman–Crippen LogP) is 7.39. The van der Waals surface area contributed by atoms with Crippen molar-refractivity contribution in [3.8, 4) is 11.5 Å². The molecule has 7 nitrogen and oxygen atoms in total. The second kappa shape index (κ2) is 16.2. The highest BCUT2D eigenvalue weighted by Crippen LogP contribution is 2.33. The molecule has 2 heterocycles. The van der Waals surface area contributed by atoms with Crippen molar-refractivity contribution in [2.45, 2.75) is 56.8 Å². The Kier molecular flexibility index (Phi) is 12.2. The summed E-state index contributed by atoms with van der Waals surface area (Å²) in [6.07, 6.45) is 14.3. The number of hydrogen-bond acceptors (Lipinski definition) is 8. The highest BCUT2D eigenvalue weighted by atomic mass is 32.2. The van der Waals surface area contributed by atoms with Gasteiger partial charge in [0.15, 0.2) is 28.8 Å². The molecule has 1 aliphatic carbocycles. The van der Waals surface area contributed by atoms with E-state index in [4.69, 9.17) is 19.2 Å². The molecule has 1 saturated carbocycles. The molecule has 2 aliphatic rings. The molecule has 0 N–H and O–H groups in total. The molecule has 1 aliphatic heterocycles. The summed E-state index contributed by atoms with van der Waals surface area (Å²) in [7, 11) is 1.88. The number of benzene rings is 1. The summed E-state index contributed by atoms with van der Waals surface area (Å²) < 4.78 is 31.5. The van der Waals surface area contributed by atoms with Crippen LogP contribution in [0.15, 0.2) is 84.5 Å². The van der Waals surface area contributed by atoms with Crippen molar-refractivity contribution < 1.29 is 23.4 Å². The van der Waals surface area contributed by atoms with Gasteiger partial charge in [0.05, 0.1) is 18.4 Å². The Hall–Kier alpha value is -3.69. The lowest BCUT2D eigenvalue weighted by atomic mass is 10.1. The van der Waals surface area contributed by atoms with E-state index in [9.17, 15) is 9.18 Å². The van der Waals surface area contributed by atoms with Gasteiger partial charge in [0.1, 0.15) is 0 Å². The third-order valence-corrected chi connectivity index (χ3v) is 8.18. The zero-order valence-corrected chi connectivity index (χ0v) is 25.8. The average Bonchev–Trinajstić information content (AvgIpc) is 3.69. The van der Waals surface area contributed by atoms with E-state index in [2.05, 4.69) is 18.1 Å². The molecule has 0 spiro atoms. The van der Waals surface area contributed by atoms with Crippen LogP contribution < -0.4 is 9.47 Å². The van der Waals surface area contributed by atoms with E-state index in [1.165, 1.54) is 43.5 Å². The highest BCUT2D eigenvalue weighted by molar-refractivity contribution is 7.99. The van der Waals surface area contributed by atoms with Gasteiger partial charge in [-0.05, 0) is 67.5 Å². The summed E-state index contributed by atoms with van der Waals surface area (Å²) in [5, 5.41) is 0.571. The van der Waals surface area contributed by atoms with Gasteiger partial charge in [-0.25, -0.2) is 14.4 Å². The molecule has 43 heavy (non-hydrogen) atoms. The zero-order chi connectivity index (χ0) is 30.6. The number of thioether (sulfide) groups is 1. The van der Waals surface area contributed by atoms with Crippen molar-refractivity contribution in [1.82, 2.24) is 14.9 Å². The van der Waals surface area contributed by atoms with Gasteiger partial charge >= 0.3 is 0 Å². The number of nitrogens with zero attached hydrogens (tertiary/aromatic N) is 3. The molecule has 0 radical (unpaired) electrons. The number of carbonyl (C=O) groups excluding carboxylic acids is 1. The maximum atomic E-state index is 14.3. The van der Waals surface area contributed by atoms with Crippen LogP contribution in [0.4, 0.5) is 4.39 Å². The molecule has 2 aromatic rings. The molecular formula is C34H40FN3O4S. The van der Waals surface area contributed by atoms with Crippen LogP contribution >= 0.6 is 11.8 Å². The van der Waals surface area contributed by atoms with Gasteiger partial charge in [-0.1, -0.05) is 62.1 Å². The van der Waals surface area contributed by atoms with Gasteiger partial charge in [0.25, 0.3) is 0 Å². The number of allylic oxidation sites excluding steroid dienone is 5. The molecule has 0 bridgehead atoms. The van der Waals surface area contributed by atoms with E-state index in [-0.39, 0.29) is 19.2 Å². The van der Waals surface area contributed by atoms with Crippen molar-refractivity contribution in [2.75, 3.05) is 26.2 Å². The first-order chi connectivity index (χ1) is 20.9. The maximum Gasteiger partial charge on any atom is 0.231 e. The summed E-state index contributed by atoms with van der Waals surface area (Å²) in [5.41, 5.74) is 3.72. The largest absolute Gasteiger partial charge is 0.454 e. The average molecular weight is 606 g/mol. The fourth-order valence-electron chi connectivity index (χ4n) is 5.20. The molecule has 1 fully saturated rings. The van der Waals surface area contributed by atoms with E-state index in [1.54, 1.807) is 18.3 Å². The zero-order valence-electron chi connectivity index (χ0n) is 25.0. The first-order valence-corrected chi connectivity index (χ1v) is 15.6. The Morgan fingerprint density at radius 3 is 2.74 bits per heavy atom. The molecule has 1 aromatic heterocycles. The second-order valence-electron chi connectivity index (χ2n) is 10.7. The van der Waals surface area contributed by atoms with E-state index >= 15 is 0 Å². The van der Waals surface area contributed by atoms with Crippen molar-refractivity contribution in [1.29, 1.82) is 0 Å². The number of rotatable bonds is 16. The summed E-state index contributed by atoms with van der Waals surface area (Å²) in [5.74, 6) is 1.84. The third-order valence-electron chi connectivity index (χ3n) is 7.30. The Balaban J connectivity index is 1.48. The van der Waals surface area contributed by atoms with Gasteiger partial charge < -0.3 is 19.1 Å². The number of aldehydes is 1. The van der Waals surface area contributed by atoms with Crippen LogP contribution in [0, 0.1) is 12.8 Å². The fourth-order valence-corrected chi connectivity index (χ4v) is 6.09. The van der Waals surface area contributed by atoms with E-state index in [1.807, 2.05) is 49.2 Å². The van der Waals surface area contributed by atoms with Gasteiger partial charge in [-0.3, -0.25) is 4.79 Å². The molecule has 9 heteroatoms. The number of ether oxygens (including phenoxy) is 3. The van der Waals surface area contributed by atoms with Crippen molar-refractivity contribution in [3.05, 3.63) is 96.3 Å². The van der Waals surface area contributed by atoms with Gasteiger partial charge in [0, 0.05) is 36.8 Å². The van der Waals surface area contributed by atoms with Crippen molar-refractivity contribution in [2.24, 2.45) is 5.92 Å². The molecule has 0 saturated heterocycles. The van der Waals surface area contributed by atoms with E-state index < -0.39 is 5.83 Å². The topological polar surface area (TPSA) is 73.8 Å². The van der Waals surface area contributed by atoms with Crippen LogP contribution in [-0.2, 0) is 16.1 Å². The fraction of sp³-hybridized carbons (Fsp3) is 0.382. The SMILES string of the molecule is C=C/C=C(\C=C)C(CCSc1nc(C)cc(C(/C=C(/F)C=O)=C/N(C)Cc2ccc3c(c2)OCO3)n1)OCC1CCCC1. The monoisotopic (exact) mass is 605 g/mol. The number of carbonyl (C=O) groups is 1. The van der Waals surface area contributed by atoms with Crippen LogP contribution in [0.2, 0.25) is 0 Å². The minimum atomic E-state index is -0.888. The lowest BCUT2D eigenvalue weighted by Crippen LogP contribution is -2.20. The number of halogens is 1. The number of aromatic nitrogens is 2. The number of hydrogen-bond donors (Lipinski definition) is 0. The Labute approximate surface area is 258 Å². The Morgan fingerprint density at radius 1 is 1.21 bits per heavy atom. The molecule has 228 valence electrons. The summed E-state index contributed by atoms with van der Waals surface area (Å²) in [4.78, 5) is 22.4. The van der Waals surface area contributed by atoms with Crippen molar-refractivity contribution >= 4 is 23.6 Å². The minimum Gasteiger partial charge on any atom is -0.454 e. The van der Waals surface area contributed by atoms with E-state index in [0.29, 0.717) is 46.1 Å². The quantitative estimate of drug-likeness (QED) is 0.0645. The van der Waals surface area contributed by atoms with Gasteiger partial charge in [0.2, 0.25) is 6.79 Å². The molecule has 1 aromatic carbocycles. The third kappa shape index (κ3) is 9.66. The lowest BCUT2D eigenvalue weighted by Gasteiger charge is -2.21. The molecule has 1 unspecified atom stereocenters. The molecule has 0 amide bonds. The first kappa shape index (κ1) is 32.2. The Morgan fingerprint density at radius 2 is 2.00 bits per heavy atom. The summed E-state index contributed by atoms with van der Waals surface area (Å²) in [6.45, 7) is 11.2. The summed E-state index contributed by atoms with van der Waals surface area (Å²) >= 11 is 1.52. The van der Waals surface area contributed by atoms with Crippen LogP contribution in [0.3, 0.4) is 0 Å².